The van der Waals surface area contributed by atoms with Crippen LogP contribution in [0.4, 0.5) is 0 Å². The molecule has 0 aromatic rings. The maximum absolute atomic E-state index is 12.2. The van der Waals surface area contributed by atoms with E-state index in [1.54, 1.807) is 0 Å². The highest BCUT2D eigenvalue weighted by Crippen LogP contribution is 2.20. The fraction of sp³-hybridized carbons (Fsp3) is 0.925. The van der Waals surface area contributed by atoms with Crippen LogP contribution in [0.2, 0.25) is 0 Å². The summed E-state index contributed by atoms with van der Waals surface area (Å²) < 4.78 is 22.6. The Bertz CT molecular complexity index is 983. The van der Waals surface area contributed by atoms with Gasteiger partial charge in [-0.1, -0.05) is 175 Å². The first-order chi connectivity index (χ1) is 29.9. The first-order valence-corrected chi connectivity index (χ1v) is 26.6. The zero-order valence-corrected chi connectivity index (χ0v) is 40.8. The van der Waals surface area contributed by atoms with E-state index in [1.807, 2.05) is 13.8 Å². The van der Waals surface area contributed by atoms with E-state index in [0.29, 0.717) is 38.9 Å². The zero-order chi connectivity index (χ0) is 44.7. The number of unbranched alkanes of at least 4 members (excludes halogenated alkanes) is 26. The molecular weight excluding hydrogens is 765 g/mol. The molecule has 0 fully saturated rings. The fourth-order valence-electron chi connectivity index (χ4n) is 8.03. The molecule has 2 unspecified atom stereocenters. The summed E-state index contributed by atoms with van der Waals surface area (Å²) in [6.45, 7) is 9.57. The molecule has 0 aromatic heterocycles. The molecule has 0 saturated carbocycles. The molecule has 61 heavy (non-hydrogen) atoms. The normalized spacial score (nSPS) is 12.3. The number of hydrogen-bond acceptors (Lipinski definition) is 8. The van der Waals surface area contributed by atoms with Gasteiger partial charge in [-0.3, -0.25) is 19.2 Å². The van der Waals surface area contributed by atoms with E-state index in [0.717, 1.165) is 167 Å². The Hall–Kier alpha value is -2.12. The van der Waals surface area contributed by atoms with Crippen molar-refractivity contribution in [1.29, 1.82) is 0 Å². The molecule has 8 heteroatoms. The minimum atomic E-state index is -0.0748. The van der Waals surface area contributed by atoms with Crippen LogP contribution in [-0.2, 0) is 38.1 Å². The van der Waals surface area contributed by atoms with Gasteiger partial charge in [0.25, 0.3) is 0 Å². The molecule has 0 N–H and O–H groups in total. The summed E-state index contributed by atoms with van der Waals surface area (Å²) in [5, 5.41) is 0. The minimum Gasteiger partial charge on any atom is -0.466 e. The Kier molecular flexibility index (Phi) is 45.7. The van der Waals surface area contributed by atoms with E-state index in [2.05, 4.69) is 13.8 Å². The van der Waals surface area contributed by atoms with Gasteiger partial charge >= 0.3 is 23.9 Å². The van der Waals surface area contributed by atoms with Crippen molar-refractivity contribution in [2.75, 3.05) is 13.2 Å². The Balaban J connectivity index is 3.70. The molecule has 0 heterocycles. The van der Waals surface area contributed by atoms with Crippen molar-refractivity contribution in [2.24, 2.45) is 0 Å². The lowest BCUT2D eigenvalue weighted by atomic mass is 10.0. The smallest absolute Gasteiger partial charge is 0.306 e. The number of ether oxygens (including phenoxy) is 4. The van der Waals surface area contributed by atoms with Crippen LogP contribution in [0.5, 0.6) is 0 Å². The van der Waals surface area contributed by atoms with Crippen molar-refractivity contribution in [1.82, 2.24) is 0 Å². The molecule has 0 bridgehead atoms. The molecular formula is C53H100O8. The number of carbonyl (C=O) groups is 4. The number of rotatable bonds is 48. The van der Waals surface area contributed by atoms with E-state index in [4.69, 9.17) is 18.9 Å². The molecule has 2 atom stereocenters. The van der Waals surface area contributed by atoms with Crippen molar-refractivity contribution in [3.63, 3.8) is 0 Å². The van der Waals surface area contributed by atoms with Gasteiger partial charge < -0.3 is 18.9 Å². The summed E-state index contributed by atoms with van der Waals surface area (Å²) >= 11 is 0. The molecule has 360 valence electrons. The predicted octanol–water partition coefficient (Wildman–Crippen LogP) is 16.0. The quantitative estimate of drug-likeness (QED) is 0.0338. The summed E-state index contributed by atoms with van der Waals surface area (Å²) in [5.74, 6) is -0.229. The van der Waals surface area contributed by atoms with Crippen LogP contribution in [0.25, 0.3) is 0 Å². The average molecular weight is 865 g/mol. The Morgan fingerprint density at radius 3 is 0.836 bits per heavy atom. The lowest BCUT2D eigenvalue weighted by Crippen LogP contribution is -2.18. The summed E-state index contributed by atoms with van der Waals surface area (Å²) in [6.07, 6.45) is 43.4. The summed E-state index contributed by atoms with van der Waals surface area (Å²) in [4.78, 5) is 48.5. The van der Waals surface area contributed by atoms with Gasteiger partial charge in [-0.2, -0.15) is 0 Å². The third-order valence-corrected chi connectivity index (χ3v) is 11.9. The van der Waals surface area contributed by atoms with E-state index in [9.17, 15) is 19.2 Å². The van der Waals surface area contributed by atoms with Gasteiger partial charge in [-0.25, -0.2) is 0 Å². The predicted molar refractivity (Wildman–Crippen MR) is 254 cm³/mol. The Labute approximate surface area is 377 Å². The van der Waals surface area contributed by atoms with Gasteiger partial charge in [-0.15, -0.1) is 0 Å². The Morgan fingerprint density at radius 1 is 0.279 bits per heavy atom. The molecule has 0 spiro atoms. The monoisotopic (exact) mass is 865 g/mol. The molecule has 0 aromatic carbocycles. The van der Waals surface area contributed by atoms with Crippen LogP contribution < -0.4 is 0 Å². The summed E-state index contributed by atoms with van der Waals surface area (Å²) in [6, 6.07) is 0. The molecule has 0 amide bonds. The van der Waals surface area contributed by atoms with Crippen molar-refractivity contribution < 1.29 is 38.1 Å². The second kappa shape index (κ2) is 47.4. The molecule has 0 aliphatic carbocycles. The van der Waals surface area contributed by atoms with Crippen LogP contribution in [0.1, 0.15) is 291 Å². The largest absolute Gasteiger partial charge is 0.466 e. The lowest BCUT2D eigenvalue weighted by molar-refractivity contribution is -0.150. The summed E-state index contributed by atoms with van der Waals surface area (Å²) in [5.41, 5.74) is 0. The third-order valence-electron chi connectivity index (χ3n) is 11.9. The van der Waals surface area contributed by atoms with E-state index >= 15 is 0 Å². The van der Waals surface area contributed by atoms with Gasteiger partial charge in [0.15, 0.2) is 0 Å². The average Bonchev–Trinajstić information content (AvgIpc) is 3.24. The first kappa shape index (κ1) is 58.9. The van der Waals surface area contributed by atoms with Crippen molar-refractivity contribution in [3.8, 4) is 0 Å². The van der Waals surface area contributed by atoms with Gasteiger partial charge in [0.1, 0.15) is 12.2 Å². The number of esters is 4. The number of hydrogen-bond donors (Lipinski definition) is 0. The molecule has 0 radical (unpaired) electrons. The maximum Gasteiger partial charge on any atom is 0.306 e. The topological polar surface area (TPSA) is 105 Å². The highest BCUT2D eigenvalue weighted by atomic mass is 16.5. The molecule has 0 saturated heterocycles. The minimum absolute atomic E-state index is 0.0399. The van der Waals surface area contributed by atoms with Gasteiger partial charge in [0.05, 0.1) is 13.2 Å². The fourth-order valence-corrected chi connectivity index (χ4v) is 8.03. The first-order valence-electron chi connectivity index (χ1n) is 26.6. The van der Waals surface area contributed by atoms with Gasteiger partial charge in [-0.05, 0) is 89.9 Å². The lowest BCUT2D eigenvalue weighted by Gasteiger charge is -2.18. The van der Waals surface area contributed by atoms with Crippen molar-refractivity contribution in [3.05, 3.63) is 0 Å². The molecule has 8 nitrogen and oxygen atoms in total. The highest BCUT2D eigenvalue weighted by Gasteiger charge is 2.15. The third kappa shape index (κ3) is 44.3. The van der Waals surface area contributed by atoms with Crippen LogP contribution >= 0.6 is 0 Å². The zero-order valence-electron chi connectivity index (χ0n) is 40.8. The van der Waals surface area contributed by atoms with Crippen LogP contribution in [-0.4, -0.2) is 49.3 Å². The van der Waals surface area contributed by atoms with Gasteiger partial charge in [0.2, 0.25) is 0 Å². The molecule has 0 aliphatic rings. The van der Waals surface area contributed by atoms with E-state index < -0.39 is 0 Å². The SMILES string of the molecule is CCCCCCCCCC(CCCCCCCC(=O)OCCCCCCCCCOC(=O)CCCCCCCCC(CCCCCCCC)OC(=O)CCC)OC(=O)CCC. The van der Waals surface area contributed by atoms with Crippen molar-refractivity contribution in [2.45, 2.75) is 303 Å². The molecule has 0 aliphatic heterocycles. The van der Waals surface area contributed by atoms with E-state index in [-0.39, 0.29) is 36.1 Å². The highest BCUT2D eigenvalue weighted by molar-refractivity contribution is 5.70. The second-order valence-electron chi connectivity index (χ2n) is 18.1. The van der Waals surface area contributed by atoms with Crippen LogP contribution in [0.3, 0.4) is 0 Å². The van der Waals surface area contributed by atoms with Crippen LogP contribution in [0, 0.1) is 0 Å². The van der Waals surface area contributed by atoms with Crippen molar-refractivity contribution >= 4 is 23.9 Å². The molecule has 0 rings (SSSR count). The Morgan fingerprint density at radius 2 is 0.541 bits per heavy atom. The maximum atomic E-state index is 12.2. The van der Waals surface area contributed by atoms with Crippen LogP contribution in [0.15, 0.2) is 0 Å². The van der Waals surface area contributed by atoms with Gasteiger partial charge in [0, 0.05) is 25.7 Å². The number of carbonyl (C=O) groups excluding carboxylic acids is 4. The summed E-state index contributed by atoms with van der Waals surface area (Å²) in [7, 11) is 0. The van der Waals surface area contributed by atoms with E-state index in [1.165, 1.54) is 70.6 Å². The second-order valence-corrected chi connectivity index (χ2v) is 18.1. The standard InChI is InChI=1S/C53H100O8/c1-5-9-11-13-16-23-31-41-49(61-53(57)39-8-4)43-33-25-21-27-35-45-51(55)59-47-37-29-20-15-19-28-36-46-58-50(54)44-34-26-18-17-24-32-42-48(60-52(56)38-7-3)40-30-22-14-12-10-6-2/h48-49H,5-47H2,1-4H3.